The largest absolute Gasteiger partial charge is 0.354 e. The van der Waals surface area contributed by atoms with E-state index in [1.54, 1.807) is 0 Å². The molecular weight excluding hydrogens is 240 g/mol. The third-order valence-corrected chi connectivity index (χ3v) is 3.58. The van der Waals surface area contributed by atoms with Gasteiger partial charge < -0.3 is 21.7 Å². The van der Waals surface area contributed by atoms with Crippen molar-refractivity contribution in [1.29, 1.82) is 0 Å². The van der Waals surface area contributed by atoms with E-state index in [4.69, 9.17) is 11.5 Å². The molecule has 0 aliphatic rings. The number of nitrogens with one attached hydrogen (secondary N) is 1. The number of hydrogen-bond donors (Lipinski definition) is 3. The minimum Gasteiger partial charge on any atom is -0.354 e. The van der Waals surface area contributed by atoms with Gasteiger partial charge in [0.05, 0.1) is 5.41 Å². The lowest BCUT2D eigenvalue weighted by Gasteiger charge is -2.43. The first kappa shape index (κ1) is 18.4. The van der Waals surface area contributed by atoms with Crippen LogP contribution in [0.25, 0.3) is 0 Å². The minimum absolute atomic E-state index is 0.0274. The molecule has 114 valence electrons. The molecule has 0 saturated carbocycles. The molecule has 19 heavy (non-hydrogen) atoms. The number of hydrogen-bond acceptors (Lipinski definition) is 4. The molecule has 5 nitrogen and oxygen atoms in total. The van der Waals surface area contributed by atoms with E-state index < -0.39 is 16.5 Å². The molecule has 1 atom stereocenters. The van der Waals surface area contributed by atoms with Crippen LogP contribution in [0.5, 0.6) is 0 Å². The smallest absolute Gasteiger partial charge is 0.227 e. The molecule has 0 spiro atoms. The zero-order valence-corrected chi connectivity index (χ0v) is 13.6. The molecule has 0 bridgehead atoms. The lowest BCUT2D eigenvalue weighted by molar-refractivity contribution is -0.134. The van der Waals surface area contributed by atoms with E-state index in [0.717, 1.165) is 6.54 Å². The number of carbonyl (C=O) groups is 1. The van der Waals surface area contributed by atoms with Gasteiger partial charge in [0.25, 0.3) is 0 Å². The zero-order valence-electron chi connectivity index (χ0n) is 13.6. The fraction of sp³-hybridized carbons (Fsp3) is 0.929. The van der Waals surface area contributed by atoms with E-state index in [1.165, 1.54) is 0 Å². The highest BCUT2D eigenvalue weighted by Crippen LogP contribution is 2.36. The van der Waals surface area contributed by atoms with Crippen molar-refractivity contribution in [3.05, 3.63) is 0 Å². The van der Waals surface area contributed by atoms with Crippen molar-refractivity contribution in [1.82, 2.24) is 10.2 Å². The molecule has 0 heterocycles. The lowest BCUT2D eigenvalue weighted by atomic mass is 9.66. The van der Waals surface area contributed by atoms with Gasteiger partial charge in [-0.25, -0.2) is 0 Å². The fourth-order valence-corrected chi connectivity index (χ4v) is 2.10. The molecule has 0 aromatic heterocycles. The summed E-state index contributed by atoms with van der Waals surface area (Å²) in [6.45, 7) is 10.9. The van der Waals surface area contributed by atoms with Crippen LogP contribution in [0, 0.1) is 5.41 Å². The van der Waals surface area contributed by atoms with Gasteiger partial charge in [-0.3, -0.25) is 4.79 Å². The first-order valence-corrected chi connectivity index (χ1v) is 6.80. The zero-order chi connectivity index (χ0) is 15.5. The van der Waals surface area contributed by atoms with E-state index in [2.05, 4.69) is 5.32 Å². The average Bonchev–Trinajstić information content (AvgIpc) is 2.12. The van der Waals surface area contributed by atoms with Crippen molar-refractivity contribution in [2.45, 2.75) is 52.1 Å². The van der Waals surface area contributed by atoms with Crippen LogP contribution in [0.4, 0.5) is 0 Å². The van der Waals surface area contributed by atoms with Gasteiger partial charge in [-0.05, 0) is 55.1 Å². The Morgan fingerprint density at radius 2 is 1.58 bits per heavy atom. The Hall–Kier alpha value is -0.650. The molecule has 0 aromatic rings. The predicted molar refractivity (Wildman–Crippen MR) is 80.8 cm³/mol. The molecule has 1 amide bonds. The maximum absolute atomic E-state index is 12.5. The van der Waals surface area contributed by atoms with E-state index in [-0.39, 0.29) is 5.91 Å². The number of carbonyl (C=O) groups excluding carboxylic acids is 1. The van der Waals surface area contributed by atoms with Gasteiger partial charge in [0.1, 0.15) is 0 Å². The number of rotatable bonds is 7. The molecule has 0 rings (SSSR count). The Morgan fingerprint density at radius 1 is 1.11 bits per heavy atom. The number of nitrogens with zero attached hydrogens (tertiary/aromatic N) is 1. The summed E-state index contributed by atoms with van der Waals surface area (Å²) in [5.74, 6) is -0.0274. The Kier molecular flexibility index (Phi) is 5.99. The Balaban J connectivity index is 4.91. The summed E-state index contributed by atoms with van der Waals surface area (Å²) >= 11 is 0. The van der Waals surface area contributed by atoms with Crippen LogP contribution in [0.2, 0.25) is 0 Å². The van der Waals surface area contributed by atoms with Gasteiger partial charge >= 0.3 is 0 Å². The van der Waals surface area contributed by atoms with Gasteiger partial charge in [0, 0.05) is 24.2 Å². The highest BCUT2D eigenvalue weighted by Gasteiger charge is 2.47. The van der Waals surface area contributed by atoms with Gasteiger partial charge in [-0.2, -0.15) is 0 Å². The van der Waals surface area contributed by atoms with Crippen molar-refractivity contribution in [2.75, 3.05) is 27.2 Å². The molecule has 0 fully saturated rings. The maximum Gasteiger partial charge on any atom is 0.227 e. The minimum atomic E-state index is -0.697. The highest BCUT2D eigenvalue weighted by atomic mass is 16.2. The third-order valence-electron chi connectivity index (χ3n) is 3.58. The van der Waals surface area contributed by atoms with Crippen LogP contribution in [-0.4, -0.2) is 49.1 Å². The SMILES string of the molecule is CN(C)CCNC(=O)C(C)(CC(C)(C)N)C(C)(C)N. The summed E-state index contributed by atoms with van der Waals surface area (Å²) in [6, 6.07) is 0. The topological polar surface area (TPSA) is 84.4 Å². The fourth-order valence-electron chi connectivity index (χ4n) is 2.10. The normalized spacial score (nSPS) is 16.3. The van der Waals surface area contributed by atoms with E-state index >= 15 is 0 Å². The second-order valence-electron chi connectivity index (χ2n) is 7.28. The molecule has 0 aliphatic heterocycles. The van der Waals surface area contributed by atoms with Crippen molar-refractivity contribution < 1.29 is 4.79 Å². The number of amides is 1. The maximum atomic E-state index is 12.5. The number of nitrogens with two attached hydrogens (primary N) is 2. The van der Waals surface area contributed by atoms with Crippen molar-refractivity contribution in [2.24, 2.45) is 16.9 Å². The third kappa shape index (κ3) is 5.89. The standard InChI is InChI=1S/C14H32N4O/c1-12(2,15)10-14(5,13(3,4)16)11(19)17-8-9-18(6)7/h8-10,15-16H2,1-7H3,(H,17,19). The Bertz CT molecular complexity index is 302. The summed E-state index contributed by atoms with van der Waals surface area (Å²) in [5.41, 5.74) is 10.5. The molecule has 1 unspecified atom stereocenters. The monoisotopic (exact) mass is 272 g/mol. The molecule has 0 radical (unpaired) electrons. The van der Waals surface area contributed by atoms with Crippen molar-refractivity contribution in [3.63, 3.8) is 0 Å². The number of likely N-dealkylation sites (N-methyl/N-ethyl adjacent to an activating group) is 1. The average molecular weight is 272 g/mol. The van der Waals surface area contributed by atoms with Crippen LogP contribution < -0.4 is 16.8 Å². The first-order valence-electron chi connectivity index (χ1n) is 6.80. The summed E-state index contributed by atoms with van der Waals surface area (Å²) in [4.78, 5) is 14.5. The molecule has 5 N–H and O–H groups in total. The van der Waals surface area contributed by atoms with Crippen molar-refractivity contribution >= 4 is 5.91 Å². The van der Waals surface area contributed by atoms with Crippen LogP contribution in [0.1, 0.15) is 41.0 Å². The van der Waals surface area contributed by atoms with Crippen LogP contribution in [0.3, 0.4) is 0 Å². The van der Waals surface area contributed by atoms with Gasteiger partial charge in [0.15, 0.2) is 0 Å². The summed E-state index contributed by atoms with van der Waals surface area (Å²) in [5, 5.41) is 2.97. The molecule has 0 aromatic carbocycles. The lowest BCUT2D eigenvalue weighted by Crippen LogP contribution is -2.60. The molecule has 5 heteroatoms. The van der Waals surface area contributed by atoms with Crippen molar-refractivity contribution in [3.8, 4) is 0 Å². The van der Waals surface area contributed by atoms with Gasteiger partial charge in [-0.15, -0.1) is 0 Å². The second kappa shape index (κ2) is 6.20. The summed E-state index contributed by atoms with van der Waals surface area (Å²) in [7, 11) is 3.95. The van der Waals surface area contributed by atoms with Crippen LogP contribution >= 0.6 is 0 Å². The van der Waals surface area contributed by atoms with Crippen LogP contribution in [-0.2, 0) is 4.79 Å². The first-order chi connectivity index (χ1) is 8.29. The van der Waals surface area contributed by atoms with E-state index in [1.807, 2.05) is 53.6 Å². The summed E-state index contributed by atoms with van der Waals surface area (Å²) < 4.78 is 0. The Morgan fingerprint density at radius 3 is 1.89 bits per heavy atom. The highest BCUT2D eigenvalue weighted by molar-refractivity contribution is 5.83. The molecule has 0 aliphatic carbocycles. The molecule has 0 saturated heterocycles. The Labute approximate surface area is 118 Å². The van der Waals surface area contributed by atoms with Crippen LogP contribution in [0.15, 0.2) is 0 Å². The predicted octanol–water partition coefficient (Wildman–Crippen LogP) is 0.535. The van der Waals surface area contributed by atoms with E-state index in [0.29, 0.717) is 13.0 Å². The quantitative estimate of drug-likeness (QED) is 0.631. The second-order valence-corrected chi connectivity index (χ2v) is 7.28. The summed E-state index contributed by atoms with van der Waals surface area (Å²) in [6.07, 6.45) is 0.539. The van der Waals surface area contributed by atoms with Gasteiger partial charge in [0.2, 0.25) is 5.91 Å². The van der Waals surface area contributed by atoms with Gasteiger partial charge in [-0.1, -0.05) is 0 Å². The van der Waals surface area contributed by atoms with E-state index in [9.17, 15) is 4.79 Å². The molecular formula is C14H32N4O.